The maximum Gasteiger partial charge on any atom is 0.269 e. The molecule has 1 amide bonds. The number of nitrogens with zero attached hydrogens (tertiary/aromatic N) is 2. The third-order valence-corrected chi connectivity index (χ3v) is 4.95. The van der Waals surface area contributed by atoms with Crippen LogP contribution in [-0.4, -0.2) is 27.6 Å². The summed E-state index contributed by atoms with van der Waals surface area (Å²) in [5, 5.41) is 10.8. The zero-order valence-corrected chi connectivity index (χ0v) is 14.3. The third-order valence-electron chi connectivity index (χ3n) is 4.70. The van der Waals surface area contributed by atoms with Crippen LogP contribution >= 0.6 is 11.6 Å². The van der Waals surface area contributed by atoms with Gasteiger partial charge in [-0.25, -0.2) is 0 Å². The molecular weight excluding hydrogens is 336 g/mol. The van der Waals surface area contributed by atoms with Gasteiger partial charge in [-0.15, -0.1) is 0 Å². The van der Waals surface area contributed by atoms with Crippen LogP contribution in [0.4, 0.5) is 0 Å². The molecule has 2 N–H and O–H groups in total. The molecule has 1 aromatic carbocycles. The van der Waals surface area contributed by atoms with Gasteiger partial charge in [-0.3, -0.25) is 14.9 Å². The van der Waals surface area contributed by atoms with Crippen LogP contribution in [0.1, 0.15) is 28.9 Å². The Morgan fingerprint density at radius 2 is 1.88 bits per heavy atom. The number of hydrogen-bond donors (Lipinski definition) is 2. The summed E-state index contributed by atoms with van der Waals surface area (Å²) in [6, 6.07) is 13.4. The summed E-state index contributed by atoms with van der Waals surface area (Å²) in [6.07, 6.45) is 5.54. The van der Waals surface area contributed by atoms with E-state index in [1.165, 1.54) is 5.56 Å². The van der Waals surface area contributed by atoms with Gasteiger partial charge in [0.05, 0.1) is 5.69 Å². The van der Waals surface area contributed by atoms with Gasteiger partial charge in [0.15, 0.2) is 0 Å². The zero-order valence-electron chi connectivity index (χ0n) is 13.5. The maximum atomic E-state index is 12.4. The Bertz CT molecular complexity index is 885. The number of aromatic nitrogens is 3. The van der Waals surface area contributed by atoms with E-state index in [2.05, 4.69) is 20.5 Å². The van der Waals surface area contributed by atoms with Gasteiger partial charge < -0.3 is 5.32 Å². The Labute approximate surface area is 150 Å². The van der Waals surface area contributed by atoms with Gasteiger partial charge >= 0.3 is 0 Å². The number of H-pyrrole nitrogens is 1. The van der Waals surface area contributed by atoms with Crippen molar-refractivity contribution in [3.63, 3.8) is 0 Å². The van der Waals surface area contributed by atoms with E-state index in [-0.39, 0.29) is 11.3 Å². The van der Waals surface area contributed by atoms with Crippen molar-refractivity contribution in [3.05, 3.63) is 71.1 Å². The number of pyridine rings is 1. The van der Waals surface area contributed by atoms with E-state index in [0.717, 1.165) is 29.1 Å². The fraction of sp³-hybridized carbons (Fsp3) is 0.211. The lowest BCUT2D eigenvalue weighted by atomic mass is 9.96. The van der Waals surface area contributed by atoms with E-state index in [4.69, 9.17) is 11.6 Å². The lowest BCUT2D eigenvalue weighted by molar-refractivity contribution is 0.0944. The lowest BCUT2D eigenvalue weighted by Crippen LogP contribution is -2.32. The van der Waals surface area contributed by atoms with Crippen LogP contribution in [0.3, 0.4) is 0 Å². The topological polar surface area (TPSA) is 70.7 Å². The summed E-state index contributed by atoms with van der Waals surface area (Å²) < 4.78 is 0. The highest BCUT2D eigenvalue weighted by Crippen LogP contribution is 2.47. The minimum atomic E-state index is -0.145. The normalized spacial score (nSPS) is 14.9. The lowest BCUT2D eigenvalue weighted by Gasteiger charge is -2.16. The van der Waals surface area contributed by atoms with Crippen LogP contribution in [0.15, 0.2) is 54.9 Å². The number of hydrogen-bond acceptors (Lipinski definition) is 3. The molecule has 0 bridgehead atoms. The van der Waals surface area contributed by atoms with Gasteiger partial charge in [0.2, 0.25) is 0 Å². The molecule has 2 heterocycles. The van der Waals surface area contributed by atoms with Crippen LogP contribution in [0, 0.1) is 0 Å². The van der Waals surface area contributed by atoms with Gasteiger partial charge in [-0.2, -0.15) is 5.10 Å². The van der Waals surface area contributed by atoms with Crippen molar-refractivity contribution < 1.29 is 4.79 Å². The summed E-state index contributed by atoms with van der Waals surface area (Å²) >= 11 is 5.96. The molecular formula is C19H17ClN4O. The highest BCUT2D eigenvalue weighted by molar-refractivity contribution is 6.30. The Balaban J connectivity index is 1.43. The second-order valence-corrected chi connectivity index (χ2v) is 6.81. The first-order valence-corrected chi connectivity index (χ1v) is 8.54. The molecule has 6 heteroatoms. The monoisotopic (exact) mass is 352 g/mol. The molecule has 0 atom stereocenters. The number of carbonyl (C=O) groups excluding carboxylic acids is 1. The molecule has 0 saturated heterocycles. The molecule has 0 unspecified atom stereocenters. The van der Waals surface area contributed by atoms with E-state index < -0.39 is 0 Å². The minimum Gasteiger partial charge on any atom is -0.350 e. The number of benzene rings is 1. The van der Waals surface area contributed by atoms with Crippen LogP contribution in [-0.2, 0) is 5.41 Å². The zero-order chi connectivity index (χ0) is 17.3. The predicted molar refractivity (Wildman–Crippen MR) is 96.5 cm³/mol. The van der Waals surface area contributed by atoms with E-state index in [1.807, 2.05) is 36.4 Å². The van der Waals surface area contributed by atoms with Crippen molar-refractivity contribution in [2.45, 2.75) is 18.3 Å². The van der Waals surface area contributed by atoms with Crippen molar-refractivity contribution in [3.8, 4) is 11.3 Å². The minimum absolute atomic E-state index is 0.0359. The molecule has 3 aromatic rings. The molecule has 1 fully saturated rings. The molecule has 0 spiro atoms. The first-order valence-electron chi connectivity index (χ1n) is 8.16. The quantitative estimate of drug-likeness (QED) is 0.737. The smallest absolute Gasteiger partial charge is 0.269 e. The van der Waals surface area contributed by atoms with Gasteiger partial charge in [-0.1, -0.05) is 23.7 Å². The maximum absolute atomic E-state index is 12.4. The molecule has 25 heavy (non-hydrogen) atoms. The van der Waals surface area contributed by atoms with E-state index in [1.54, 1.807) is 18.5 Å². The molecule has 0 aliphatic heterocycles. The number of aromatic amines is 1. The van der Waals surface area contributed by atoms with Gasteiger partial charge in [0, 0.05) is 34.9 Å². The second-order valence-electron chi connectivity index (χ2n) is 6.37. The van der Waals surface area contributed by atoms with Crippen LogP contribution in [0.25, 0.3) is 11.3 Å². The summed E-state index contributed by atoms with van der Waals surface area (Å²) in [6.45, 7) is 0.608. The summed E-state index contributed by atoms with van der Waals surface area (Å²) in [5.74, 6) is -0.145. The highest BCUT2D eigenvalue weighted by atomic mass is 35.5. The molecule has 1 aliphatic rings. The van der Waals surface area contributed by atoms with Crippen molar-refractivity contribution in [1.29, 1.82) is 0 Å². The number of amides is 1. The van der Waals surface area contributed by atoms with Gasteiger partial charge in [-0.05, 0) is 48.7 Å². The number of carbonyl (C=O) groups is 1. The Morgan fingerprint density at radius 1 is 1.16 bits per heavy atom. The van der Waals surface area contributed by atoms with Crippen molar-refractivity contribution in [2.24, 2.45) is 0 Å². The third kappa shape index (κ3) is 3.28. The summed E-state index contributed by atoms with van der Waals surface area (Å²) in [5.41, 5.74) is 3.36. The van der Waals surface area contributed by atoms with Crippen molar-refractivity contribution in [1.82, 2.24) is 20.5 Å². The number of nitrogens with one attached hydrogen (secondary N) is 2. The van der Waals surface area contributed by atoms with Crippen molar-refractivity contribution >= 4 is 17.5 Å². The first kappa shape index (κ1) is 15.8. The Hall–Kier alpha value is -2.66. The second kappa shape index (κ2) is 6.33. The van der Waals surface area contributed by atoms with E-state index in [0.29, 0.717) is 12.2 Å². The molecule has 4 rings (SSSR count). The fourth-order valence-corrected chi connectivity index (χ4v) is 3.10. The molecule has 2 aromatic heterocycles. The molecule has 1 aliphatic carbocycles. The molecule has 1 saturated carbocycles. The van der Waals surface area contributed by atoms with Gasteiger partial charge in [0.25, 0.3) is 5.91 Å². The average molecular weight is 353 g/mol. The number of rotatable bonds is 5. The van der Waals surface area contributed by atoms with Crippen LogP contribution in [0.5, 0.6) is 0 Å². The fourth-order valence-electron chi connectivity index (χ4n) is 2.98. The first-order chi connectivity index (χ1) is 12.2. The molecule has 126 valence electrons. The van der Waals surface area contributed by atoms with E-state index in [9.17, 15) is 4.79 Å². The van der Waals surface area contributed by atoms with E-state index >= 15 is 0 Å². The van der Waals surface area contributed by atoms with Crippen LogP contribution in [0.2, 0.25) is 5.02 Å². The standard InChI is InChI=1S/C19H17ClN4O/c20-15-3-1-14(2-4-15)19(7-8-19)12-22-18(25)17-11-16(23-24-17)13-5-9-21-10-6-13/h1-6,9-11H,7-8,12H2,(H,22,25)(H,23,24). The average Bonchev–Trinajstić information content (AvgIpc) is 3.27. The highest BCUT2D eigenvalue weighted by Gasteiger charge is 2.44. The van der Waals surface area contributed by atoms with Crippen molar-refractivity contribution in [2.75, 3.05) is 6.54 Å². The van der Waals surface area contributed by atoms with Crippen LogP contribution < -0.4 is 5.32 Å². The SMILES string of the molecule is O=C(NCC1(c2ccc(Cl)cc2)CC1)c1cc(-c2ccncc2)n[nH]1. The summed E-state index contributed by atoms with van der Waals surface area (Å²) in [7, 11) is 0. The predicted octanol–water partition coefficient (Wildman–Crippen LogP) is 3.59. The Kier molecular flexibility index (Phi) is 4.01. The number of halogens is 1. The van der Waals surface area contributed by atoms with Gasteiger partial charge in [0.1, 0.15) is 5.69 Å². The molecule has 0 radical (unpaired) electrons. The Morgan fingerprint density at radius 3 is 2.56 bits per heavy atom. The largest absolute Gasteiger partial charge is 0.350 e. The summed E-state index contributed by atoms with van der Waals surface area (Å²) in [4.78, 5) is 16.4. The molecule has 5 nitrogen and oxygen atoms in total.